The minimum Gasteiger partial charge on any atom is -0.454 e. The van der Waals surface area contributed by atoms with E-state index in [4.69, 9.17) is 4.74 Å². The normalized spacial score (nSPS) is 10.7. The molecule has 0 saturated heterocycles. The maximum absolute atomic E-state index is 5.91. The van der Waals surface area contributed by atoms with Crippen LogP contribution in [0, 0.1) is 6.92 Å². The number of hydrogen-bond donors (Lipinski definition) is 1. The molecule has 0 spiro atoms. The fourth-order valence-corrected chi connectivity index (χ4v) is 1.94. The maximum atomic E-state index is 5.91. The first-order valence-corrected chi connectivity index (χ1v) is 6.67. The molecule has 0 unspecified atom stereocenters. The van der Waals surface area contributed by atoms with Gasteiger partial charge >= 0.3 is 0 Å². The maximum Gasteiger partial charge on any atom is 0.165 e. The summed E-state index contributed by atoms with van der Waals surface area (Å²) >= 11 is 0. The standard InChI is InChI=1S/C15H21N3O/c1-4-7-18-11-14(10-17-18)19-15-8-13(9-16-3)6-5-12(15)2/h5-6,8,10-11,16H,4,7,9H2,1-3H3. The molecule has 4 nitrogen and oxygen atoms in total. The van der Waals surface area contributed by atoms with Crippen LogP contribution < -0.4 is 10.1 Å². The van der Waals surface area contributed by atoms with Crippen LogP contribution in [-0.4, -0.2) is 16.8 Å². The SMILES string of the molecule is CCCn1cc(Oc2cc(CNC)ccc2C)cn1. The molecule has 0 aliphatic carbocycles. The van der Waals surface area contributed by atoms with E-state index in [1.54, 1.807) is 6.20 Å². The average Bonchev–Trinajstić information content (AvgIpc) is 2.82. The summed E-state index contributed by atoms with van der Waals surface area (Å²) in [5, 5.41) is 7.41. The second-order valence-electron chi connectivity index (χ2n) is 4.67. The van der Waals surface area contributed by atoms with Crippen LogP contribution in [0.4, 0.5) is 0 Å². The highest BCUT2D eigenvalue weighted by atomic mass is 16.5. The van der Waals surface area contributed by atoms with Crippen LogP contribution in [0.5, 0.6) is 11.5 Å². The predicted molar refractivity (Wildman–Crippen MR) is 76.5 cm³/mol. The highest BCUT2D eigenvalue weighted by Crippen LogP contribution is 2.25. The summed E-state index contributed by atoms with van der Waals surface area (Å²) in [6.45, 7) is 5.94. The van der Waals surface area contributed by atoms with Crippen molar-refractivity contribution in [1.82, 2.24) is 15.1 Å². The lowest BCUT2D eigenvalue weighted by atomic mass is 10.1. The van der Waals surface area contributed by atoms with Crippen molar-refractivity contribution in [2.45, 2.75) is 33.4 Å². The topological polar surface area (TPSA) is 39.1 Å². The van der Waals surface area contributed by atoms with E-state index in [1.807, 2.05) is 17.9 Å². The summed E-state index contributed by atoms with van der Waals surface area (Å²) in [6, 6.07) is 6.26. The Morgan fingerprint density at radius 3 is 2.95 bits per heavy atom. The van der Waals surface area contributed by atoms with Crippen LogP contribution in [0.2, 0.25) is 0 Å². The lowest BCUT2D eigenvalue weighted by Crippen LogP contribution is -2.05. The highest BCUT2D eigenvalue weighted by Gasteiger charge is 2.05. The molecule has 102 valence electrons. The van der Waals surface area contributed by atoms with Gasteiger partial charge in [-0.05, 0) is 37.6 Å². The fourth-order valence-electron chi connectivity index (χ4n) is 1.94. The number of rotatable bonds is 6. The van der Waals surface area contributed by atoms with Crippen molar-refractivity contribution in [3.63, 3.8) is 0 Å². The van der Waals surface area contributed by atoms with Gasteiger partial charge in [0.1, 0.15) is 5.75 Å². The van der Waals surface area contributed by atoms with Crippen molar-refractivity contribution < 1.29 is 4.74 Å². The molecule has 0 aliphatic heterocycles. The molecule has 2 aromatic rings. The van der Waals surface area contributed by atoms with Crippen LogP contribution in [-0.2, 0) is 13.1 Å². The van der Waals surface area contributed by atoms with Gasteiger partial charge in [-0.3, -0.25) is 4.68 Å². The summed E-state index contributed by atoms with van der Waals surface area (Å²) in [4.78, 5) is 0. The van der Waals surface area contributed by atoms with Gasteiger partial charge in [0.05, 0.1) is 12.4 Å². The van der Waals surface area contributed by atoms with Gasteiger partial charge in [0.25, 0.3) is 0 Å². The minimum absolute atomic E-state index is 0.790. The van der Waals surface area contributed by atoms with Gasteiger partial charge in [-0.1, -0.05) is 19.1 Å². The van der Waals surface area contributed by atoms with E-state index in [0.717, 1.165) is 36.6 Å². The van der Waals surface area contributed by atoms with E-state index in [-0.39, 0.29) is 0 Å². The molecule has 1 heterocycles. The van der Waals surface area contributed by atoms with Gasteiger partial charge in [0.2, 0.25) is 0 Å². The molecule has 2 rings (SSSR count). The van der Waals surface area contributed by atoms with Crippen molar-refractivity contribution in [2.75, 3.05) is 7.05 Å². The Morgan fingerprint density at radius 1 is 1.37 bits per heavy atom. The lowest BCUT2D eigenvalue weighted by molar-refractivity contribution is 0.476. The van der Waals surface area contributed by atoms with Gasteiger partial charge in [-0.2, -0.15) is 5.10 Å². The molecule has 0 aliphatic rings. The van der Waals surface area contributed by atoms with E-state index in [1.165, 1.54) is 5.56 Å². The quantitative estimate of drug-likeness (QED) is 0.866. The monoisotopic (exact) mass is 259 g/mol. The van der Waals surface area contributed by atoms with Crippen molar-refractivity contribution in [1.29, 1.82) is 0 Å². The molecular weight excluding hydrogens is 238 g/mol. The Kier molecular flexibility index (Phi) is 4.58. The van der Waals surface area contributed by atoms with Gasteiger partial charge in [-0.25, -0.2) is 0 Å². The average molecular weight is 259 g/mol. The second-order valence-corrected chi connectivity index (χ2v) is 4.67. The Bertz CT molecular complexity index is 534. The number of nitrogens with one attached hydrogen (secondary N) is 1. The molecule has 1 aromatic heterocycles. The minimum atomic E-state index is 0.790. The number of hydrogen-bond acceptors (Lipinski definition) is 3. The number of aryl methyl sites for hydroxylation is 2. The largest absolute Gasteiger partial charge is 0.454 e. The van der Waals surface area contributed by atoms with E-state index < -0.39 is 0 Å². The van der Waals surface area contributed by atoms with Crippen LogP contribution in [0.1, 0.15) is 24.5 Å². The van der Waals surface area contributed by atoms with Gasteiger partial charge in [0, 0.05) is 13.1 Å². The van der Waals surface area contributed by atoms with Gasteiger partial charge in [0.15, 0.2) is 5.75 Å². The summed E-state index contributed by atoms with van der Waals surface area (Å²) < 4.78 is 7.82. The zero-order chi connectivity index (χ0) is 13.7. The molecular formula is C15H21N3O. The molecule has 4 heteroatoms. The van der Waals surface area contributed by atoms with Crippen LogP contribution in [0.3, 0.4) is 0 Å². The zero-order valence-corrected chi connectivity index (χ0v) is 11.8. The third-order valence-electron chi connectivity index (χ3n) is 2.92. The Labute approximate surface area is 114 Å². The third-order valence-corrected chi connectivity index (χ3v) is 2.92. The molecule has 0 fully saturated rings. The van der Waals surface area contributed by atoms with Crippen molar-refractivity contribution >= 4 is 0 Å². The molecule has 0 bridgehead atoms. The Balaban J connectivity index is 2.14. The number of nitrogens with zero attached hydrogens (tertiary/aromatic N) is 2. The van der Waals surface area contributed by atoms with Crippen molar-refractivity contribution in [3.8, 4) is 11.5 Å². The van der Waals surface area contributed by atoms with Gasteiger partial charge in [-0.15, -0.1) is 0 Å². The molecule has 0 saturated carbocycles. The first kappa shape index (κ1) is 13.6. The van der Waals surface area contributed by atoms with Crippen molar-refractivity contribution in [2.24, 2.45) is 0 Å². The molecule has 1 N–H and O–H groups in total. The summed E-state index contributed by atoms with van der Waals surface area (Å²) in [6.07, 6.45) is 4.77. The summed E-state index contributed by atoms with van der Waals surface area (Å²) in [5.74, 6) is 1.68. The lowest BCUT2D eigenvalue weighted by Gasteiger charge is -2.09. The van der Waals surface area contributed by atoms with Crippen LogP contribution in [0.25, 0.3) is 0 Å². The predicted octanol–water partition coefficient (Wildman–Crippen LogP) is 3.11. The number of ether oxygens (including phenoxy) is 1. The fraction of sp³-hybridized carbons (Fsp3) is 0.400. The first-order valence-electron chi connectivity index (χ1n) is 6.67. The Hall–Kier alpha value is -1.81. The molecule has 1 aromatic carbocycles. The van der Waals surface area contributed by atoms with E-state index in [0.29, 0.717) is 0 Å². The smallest absolute Gasteiger partial charge is 0.165 e. The third kappa shape index (κ3) is 3.58. The first-order chi connectivity index (χ1) is 9.22. The van der Waals surface area contributed by atoms with E-state index >= 15 is 0 Å². The molecule has 0 radical (unpaired) electrons. The van der Waals surface area contributed by atoms with Gasteiger partial charge < -0.3 is 10.1 Å². The molecule has 19 heavy (non-hydrogen) atoms. The zero-order valence-electron chi connectivity index (χ0n) is 11.8. The number of aromatic nitrogens is 2. The Morgan fingerprint density at radius 2 is 2.21 bits per heavy atom. The van der Waals surface area contributed by atoms with E-state index in [9.17, 15) is 0 Å². The van der Waals surface area contributed by atoms with Crippen molar-refractivity contribution in [3.05, 3.63) is 41.7 Å². The van der Waals surface area contributed by atoms with Crippen LogP contribution in [0.15, 0.2) is 30.6 Å². The second kappa shape index (κ2) is 6.38. The summed E-state index contributed by atoms with van der Waals surface area (Å²) in [7, 11) is 1.94. The van der Waals surface area contributed by atoms with Crippen LogP contribution >= 0.6 is 0 Å². The highest BCUT2D eigenvalue weighted by molar-refractivity contribution is 5.39. The van der Waals surface area contributed by atoms with E-state index in [2.05, 4.69) is 42.5 Å². The molecule has 0 atom stereocenters. The summed E-state index contributed by atoms with van der Waals surface area (Å²) in [5.41, 5.74) is 2.34. The number of benzene rings is 1. The molecule has 0 amide bonds.